The highest BCUT2D eigenvalue weighted by Gasteiger charge is 2.38. The number of nitrogens with two attached hydrogens (primary N) is 1. The summed E-state index contributed by atoms with van der Waals surface area (Å²) in [5.74, 6) is -1.90. The zero-order chi connectivity index (χ0) is 25.3. The number of amides is 3. The van der Waals surface area contributed by atoms with Crippen molar-refractivity contribution >= 4 is 35.5 Å². The van der Waals surface area contributed by atoms with Gasteiger partial charge in [-0.25, -0.2) is 4.79 Å². The van der Waals surface area contributed by atoms with Crippen LogP contribution in [0.2, 0.25) is 0 Å². The Morgan fingerprint density at radius 3 is 2.35 bits per heavy atom. The molecule has 9 nitrogen and oxygen atoms in total. The second-order valence-corrected chi connectivity index (χ2v) is 9.88. The number of nitrogens with zero attached hydrogens (tertiary/aromatic N) is 1. The quantitative estimate of drug-likeness (QED) is 0.341. The summed E-state index contributed by atoms with van der Waals surface area (Å²) in [5, 5.41) is 15.0. The molecule has 0 saturated carbocycles. The molecule has 1 saturated heterocycles. The van der Waals surface area contributed by atoms with Crippen molar-refractivity contribution in [3.05, 3.63) is 35.9 Å². The molecule has 1 fully saturated rings. The average molecular weight is 493 g/mol. The summed E-state index contributed by atoms with van der Waals surface area (Å²) in [5.41, 5.74) is 6.83. The van der Waals surface area contributed by atoms with Gasteiger partial charge in [0, 0.05) is 13.0 Å². The van der Waals surface area contributed by atoms with Crippen molar-refractivity contribution in [2.75, 3.05) is 18.6 Å². The first-order valence-electron chi connectivity index (χ1n) is 11.6. The van der Waals surface area contributed by atoms with Crippen molar-refractivity contribution in [3.8, 4) is 0 Å². The van der Waals surface area contributed by atoms with Crippen LogP contribution in [0.5, 0.6) is 0 Å². The van der Waals surface area contributed by atoms with Crippen molar-refractivity contribution in [1.82, 2.24) is 15.5 Å². The molecule has 0 bridgehead atoms. The normalized spacial score (nSPS) is 18.3. The number of hydrogen-bond acceptors (Lipinski definition) is 6. The molecular weight excluding hydrogens is 456 g/mol. The van der Waals surface area contributed by atoms with E-state index in [1.165, 1.54) is 16.7 Å². The molecule has 10 heteroatoms. The van der Waals surface area contributed by atoms with Crippen molar-refractivity contribution in [2.45, 2.75) is 63.7 Å². The molecular formula is C24H36N4O5S. The van der Waals surface area contributed by atoms with E-state index in [4.69, 9.17) is 5.73 Å². The zero-order valence-electron chi connectivity index (χ0n) is 20.0. The molecule has 188 valence electrons. The highest BCUT2D eigenvalue weighted by molar-refractivity contribution is 7.98. The SMILES string of the molecule is CSCCC(NC(=O)C(Cc1ccccc1)NC(=O)C(N)C(C)C)C(=O)N1CCCC1C(=O)O. The van der Waals surface area contributed by atoms with Crippen LogP contribution in [0.15, 0.2) is 30.3 Å². The molecule has 1 aromatic rings. The fraction of sp³-hybridized carbons (Fsp3) is 0.583. The Morgan fingerprint density at radius 1 is 1.12 bits per heavy atom. The van der Waals surface area contributed by atoms with Gasteiger partial charge in [-0.1, -0.05) is 44.2 Å². The van der Waals surface area contributed by atoms with Crippen LogP contribution >= 0.6 is 11.8 Å². The van der Waals surface area contributed by atoms with Gasteiger partial charge < -0.3 is 26.4 Å². The molecule has 0 spiro atoms. The highest BCUT2D eigenvalue weighted by atomic mass is 32.2. The van der Waals surface area contributed by atoms with E-state index < -0.39 is 47.9 Å². The van der Waals surface area contributed by atoms with Crippen LogP contribution in [0.25, 0.3) is 0 Å². The van der Waals surface area contributed by atoms with Crippen LogP contribution in [0.1, 0.15) is 38.7 Å². The fourth-order valence-corrected chi connectivity index (χ4v) is 4.35. The van der Waals surface area contributed by atoms with Gasteiger partial charge in [0.2, 0.25) is 17.7 Å². The third-order valence-corrected chi connectivity index (χ3v) is 6.63. The number of thioether (sulfide) groups is 1. The van der Waals surface area contributed by atoms with E-state index in [9.17, 15) is 24.3 Å². The van der Waals surface area contributed by atoms with E-state index in [2.05, 4.69) is 10.6 Å². The van der Waals surface area contributed by atoms with Gasteiger partial charge in [-0.15, -0.1) is 0 Å². The summed E-state index contributed by atoms with van der Waals surface area (Å²) in [6.07, 6.45) is 3.47. The lowest BCUT2D eigenvalue weighted by molar-refractivity contribution is -0.149. The van der Waals surface area contributed by atoms with Crippen LogP contribution in [0, 0.1) is 5.92 Å². The summed E-state index contributed by atoms with van der Waals surface area (Å²) in [7, 11) is 0. The van der Waals surface area contributed by atoms with Gasteiger partial charge in [-0.05, 0) is 42.8 Å². The first-order chi connectivity index (χ1) is 16.1. The molecule has 5 N–H and O–H groups in total. The molecule has 0 aromatic heterocycles. The molecule has 0 radical (unpaired) electrons. The maximum atomic E-state index is 13.3. The summed E-state index contributed by atoms with van der Waals surface area (Å²) >= 11 is 1.53. The fourth-order valence-electron chi connectivity index (χ4n) is 3.88. The summed E-state index contributed by atoms with van der Waals surface area (Å²) < 4.78 is 0. The second kappa shape index (κ2) is 13.3. The molecule has 4 atom stereocenters. The molecule has 1 aliphatic rings. The van der Waals surface area contributed by atoms with Gasteiger partial charge in [-0.2, -0.15) is 11.8 Å². The Morgan fingerprint density at radius 2 is 1.76 bits per heavy atom. The molecule has 0 aliphatic carbocycles. The maximum Gasteiger partial charge on any atom is 0.326 e. The van der Waals surface area contributed by atoms with Crippen molar-refractivity contribution in [1.29, 1.82) is 0 Å². The van der Waals surface area contributed by atoms with E-state index in [-0.39, 0.29) is 12.3 Å². The van der Waals surface area contributed by atoms with E-state index in [0.29, 0.717) is 31.6 Å². The minimum atomic E-state index is -1.04. The molecule has 1 heterocycles. The largest absolute Gasteiger partial charge is 0.480 e. The van der Waals surface area contributed by atoms with Gasteiger partial charge in [0.25, 0.3) is 0 Å². The van der Waals surface area contributed by atoms with E-state index in [1.807, 2.05) is 50.4 Å². The number of rotatable bonds is 12. The van der Waals surface area contributed by atoms with E-state index in [0.717, 1.165) is 5.56 Å². The van der Waals surface area contributed by atoms with Gasteiger partial charge in [0.1, 0.15) is 18.1 Å². The Bertz CT molecular complexity index is 851. The van der Waals surface area contributed by atoms with Crippen LogP contribution in [0.3, 0.4) is 0 Å². The Labute approximate surface area is 205 Å². The molecule has 1 aromatic carbocycles. The monoisotopic (exact) mass is 492 g/mol. The van der Waals surface area contributed by atoms with Crippen molar-refractivity contribution in [3.63, 3.8) is 0 Å². The first-order valence-corrected chi connectivity index (χ1v) is 13.0. The molecule has 34 heavy (non-hydrogen) atoms. The first kappa shape index (κ1) is 27.7. The molecule has 3 amide bonds. The molecule has 1 aliphatic heterocycles. The van der Waals surface area contributed by atoms with Crippen LogP contribution < -0.4 is 16.4 Å². The van der Waals surface area contributed by atoms with Gasteiger partial charge in [0.15, 0.2) is 0 Å². The van der Waals surface area contributed by atoms with Crippen LogP contribution in [0.4, 0.5) is 0 Å². The van der Waals surface area contributed by atoms with E-state index in [1.54, 1.807) is 0 Å². The number of carbonyl (C=O) groups is 4. The molecule has 4 unspecified atom stereocenters. The zero-order valence-corrected chi connectivity index (χ0v) is 20.8. The number of carboxylic acid groups (broad SMARTS) is 1. The standard InChI is InChI=1S/C24H36N4O5S/c1-15(2)20(25)22(30)27-18(14-16-8-5-4-6-9-16)21(29)26-17(11-13-34-3)23(31)28-12-7-10-19(28)24(32)33/h4-6,8-9,15,17-20H,7,10-14,25H2,1-3H3,(H,26,29)(H,27,30)(H,32,33). The number of carboxylic acids is 1. The number of aliphatic carboxylic acids is 1. The van der Waals surface area contributed by atoms with Gasteiger partial charge in [0.05, 0.1) is 6.04 Å². The van der Waals surface area contributed by atoms with Crippen molar-refractivity contribution < 1.29 is 24.3 Å². The third-order valence-electron chi connectivity index (χ3n) is 5.98. The smallest absolute Gasteiger partial charge is 0.326 e. The summed E-state index contributed by atoms with van der Waals surface area (Å²) in [4.78, 5) is 52.1. The summed E-state index contributed by atoms with van der Waals surface area (Å²) in [6, 6.07) is 5.78. The predicted molar refractivity (Wildman–Crippen MR) is 132 cm³/mol. The minimum absolute atomic E-state index is 0.112. The van der Waals surface area contributed by atoms with Gasteiger partial charge in [-0.3, -0.25) is 14.4 Å². The second-order valence-electron chi connectivity index (χ2n) is 8.89. The third kappa shape index (κ3) is 7.73. The predicted octanol–water partition coefficient (Wildman–Crippen LogP) is 1.01. The lowest BCUT2D eigenvalue weighted by Crippen LogP contribution is -2.58. The number of hydrogen-bond donors (Lipinski definition) is 4. The number of benzene rings is 1. The highest BCUT2D eigenvalue weighted by Crippen LogP contribution is 2.20. The minimum Gasteiger partial charge on any atom is -0.480 e. The molecule has 2 rings (SSSR count). The lowest BCUT2D eigenvalue weighted by atomic mass is 10.0. The Kier molecular flexibility index (Phi) is 10.8. The lowest BCUT2D eigenvalue weighted by Gasteiger charge is -2.29. The van der Waals surface area contributed by atoms with Crippen molar-refractivity contribution in [2.24, 2.45) is 11.7 Å². The Balaban J connectivity index is 2.22. The van der Waals surface area contributed by atoms with Crippen LogP contribution in [-0.4, -0.2) is 76.4 Å². The summed E-state index contributed by atoms with van der Waals surface area (Å²) in [6.45, 7) is 3.99. The van der Waals surface area contributed by atoms with Gasteiger partial charge >= 0.3 is 5.97 Å². The van der Waals surface area contributed by atoms with Crippen LogP contribution in [-0.2, 0) is 25.6 Å². The van der Waals surface area contributed by atoms with E-state index >= 15 is 0 Å². The topological polar surface area (TPSA) is 142 Å². The Hall–Kier alpha value is -2.59. The number of nitrogens with one attached hydrogen (secondary N) is 2. The number of likely N-dealkylation sites (tertiary alicyclic amines) is 1. The number of carbonyl (C=O) groups excluding carboxylic acids is 3. The average Bonchev–Trinajstić information content (AvgIpc) is 3.31. The maximum absolute atomic E-state index is 13.3.